The van der Waals surface area contributed by atoms with E-state index in [-0.39, 0.29) is 5.69 Å². The molecule has 14 heavy (non-hydrogen) atoms. The number of ether oxygens (including phenoxy) is 2. The highest BCUT2D eigenvalue weighted by atomic mass is 16.5. The number of hydrogen-bond acceptors (Lipinski definition) is 4. The molecule has 0 unspecified atom stereocenters. The molecule has 72 valence electrons. The van der Waals surface area contributed by atoms with Crippen molar-refractivity contribution in [2.45, 2.75) is 0 Å². The third-order valence-electron chi connectivity index (χ3n) is 1.64. The second-order valence-electron chi connectivity index (χ2n) is 2.41. The quantitative estimate of drug-likeness (QED) is 0.513. The van der Waals surface area contributed by atoms with Crippen molar-refractivity contribution in [3.05, 3.63) is 23.5 Å². The van der Waals surface area contributed by atoms with Crippen molar-refractivity contribution in [3.63, 3.8) is 0 Å². The summed E-state index contributed by atoms with van der Waals surface area (Å²) in [4.78, 5) is 14.9. The van der Waals surface area contributed by atoms with Gasteiger partial charge in [0.15, 0.2) is 5.69 Å². The van der Waals surface area contributed by atoms with Crippen LogP contribution in [-0.2, 0) is 4.74 Å². The van der Waals surface area contributed by atoms with Gasteiger partial charge in [0.1, 0.15) is 5.75 Å². The predicted octanol–water partition coefficient (Wildman–Crippen LogP) is 0.858. The minimum absolute atomic E-state index is 0.170. The summed E-state index contributed by atoms with van der Waals surface area (Å²) in [6, 6.07) is 1.45. The number of pyridine rings is 1. The molecule has 0 saturated carbocycles. The van der Waals surface area contributed by atoms with Gasteiger partial charge in [0.25, 0.3) is 0 Å². The molecule has 0 aliphatic rings. The van der Waals surface area contributed by atoms with Crippen molar-refractivity contribution in [2.24, 2.45) is 0 Å². The van der Waals surface area contributed by atoms with Crippen LogP contribution >= 0.6 is 0 Å². The van der Waals surface area contributed by atoms with Crippen LogP contribution in [-0.4, -0.2) is 25.2 Å². The Morgan fingerprint density at radius 3 is 2.79 bits per heavy atom. The van der Waals surface area contributed by atoms with Crippen molar-refractivity contribution in [1.29, 1.82) is 0 Å². The van der Waals surface area contributed by atoms with Crippen molar-refractivity contribution < 1.29 is 14.3 Å². The lowest BCUT2D eigenvalue weighted by Crippen LogP contribution is -2.05. The summed E-state index contributed by atoms with van der Waals surface area (Å²) < 4.78 is 9.48. The molecule has 0 fully saturated rings. The Hall–Kier alpha value is -2.02. The van der Waals surface area contributed by atoms with E-state index in [1.54, 1.807) is 0 Å². The molecule has 1 aromatic rings. The first-order valence-electron chi connectivity index (χ1n) is 3.82. The van der Waals surface area contributed by atoms with E-state index in [4.69, 9.17) is 11.2 Å². The molecule has 0 radical (unpaired) electrons. The topological polar surface area (TPSA) is 48.4 Å². The molecule has 0 atom stereocenters. The molecular formula is C10H9NO3. The van der Waals surface area contributed by atoms with Gasteiger partial charge in [0.05, 0.1) is 19.8 Å². The monoisotopic (exact) mass is 191 g/mol. The number of nitrogens with zero attached hydrogens (tertiary/aromatic N) is 1. The van der Waals surface area contributed by atoms with E-state index in [0.29, 0.717) is 11.3 Å². The summed E-state index contributed by atoms with van der Waals surface area (Å²) in [6.45, 7) is 0. The zero-order valence-corrected chi connectivity index (χ0v) is 7.90. The van der Waals surface area contributed by atoms with Crippen LogP contribution in [0.2, 0.25) is 0 Å². The Morgan fingerprint density at radius 1 is 1.57 bits per heavy atom. The zero-order chi connectivity index (χ0) is 10.6. The third kappa shape index (κ3) is 1.83. The average molecular weight is 191 g/mol. The number of rotatable bonds is 2. The van der Waals surface area contributed by atoms with E-state index >= 15 is 0 Å². The van der Waals surface area contributed by atoms with E-state index in [0.717, 1.165) is 0 Å². The molecule has 0 N–H and O–H groups in total. The summed E-state index contributed by atoms with van der Waals surface area (Å²) in [5.41, 5.74) is 0.670. The first kappa shape index (κ1) is 10.1. The van der Waals surface area contributed by atoms with Gasteiger partial charge in [-0.15, -0.1) is 6.42 Å². The second kappa shape index (κ2) is 4.28. The number of methoxy groups -OCH3 is 2. The van der Waals surface area contributed by atoms with Crippen LogP contribution in [0.15, 0.2) is 12.3 Å². The number of aromatic nitrogens is 1. The van der Waals surface area contributed by atoms with Gasteiger partial charge in [-0.2, -0.15) is 0 Å². The standard InChI is InChI=1S/C10H9NO3/c1-4-7-6-11-8(10(12)14-3)5-9(7)13-2/h1,5-6H,2-3H3. The number of carbonyl (C=O) groups excluding carboxylic acids is 1. The third-order valence-corrected chi connectivity index (χ3v) is 1.64. The Kier molecular flexibility index (Phi) is 3.08. The fourth-order valence-corrected chi connectivity index (χ4v) is 0.930. The Labute approximate surface area is 81.9 Å². The maximum Gasteiger partial charge on any atom is 0.356 e. The lowest BCUT2D eigenvalue weighted by Gasteiger charge is -2.04. The summed E-state index contributed by atoms with van der Waals surface area (Å²) in [5.74, 6) is 2.30. The molecule has 0 spiro atoms. The molecule has 1 aromatic heterocycles. The van der Waals surface area contributed by atoms with Crippen LogP contribution in [0.5, 0.6) is 5.75 Å². The smallest absolute Gasteiger partial charge is 0.356 e. The molecule has 0 amide bonds. The van der Waals surface area contributed by atoms with Crippen LogP contribution in [0.25, 0.3) is 0 Å². The van der Waals surface area contributed by atoms with Gasteiger partial charge in [0.2, 0.25) is 0 Å². The minimum Gasteiger partial charge on any atom is -0.495 e. The van der Waals surface area contributed by atoms with Gasteiger partial charge in [-0.3, -0.25) is 0 Å². The van der Waals surface area contributed by atoms with E-state index in [2.05, 4.69) is 15.6 Å². The van der Waals surface area contributed by atoms with Gasteiger partial charge in [-0.25, -0.2) is 9.78 Å². The van der Waals surface area contributed by atoms with Gasteiger partial charge in [-0.05, 0) is 0 Å². The maximum absolute atomic E-state index is 11.1. The predicted molar refractivity (Wildman–Crippen MR) is 50.1 cm³/mol. The summed E-state index contributed by atoms with van der Waals surface area (Å²) >= 11 is 0. The Morgan fingerprint density at radius 2 is 2.29 bits per heavy atom. The SMILES string of the molecule is C#Cc1cnc(C(=O)OC)cc1OC. The number of esters is 1. The lowest BCUT2D eigenvalue weighted by atomic mass is 10.2. The molecule has 0 aromatic carbocycles. The van der Waals surface area contributed by atoms with Crippen molar-refractivity contribution in [3.8, 4) is 18.1 Å². The molecule has 0 bridgehead atoms. The zero-order valence-electron chi connectivity index (χ0n) is 7.90. The Balaban J connectivity index is 3.15. The highest BCUT2D eigenvalue weighted by Gasteiger charge is 2.10. The fourth-order valence-electron chi connectivity index (χ4n) is 0.930. The van der Waals surface area contributed by atoms with Crippen LogP contribution in [0, 0.1) is 12.3 Å². The molecule has 4 nitrogen and oxygen atoms in total. The largest absolute Gasteiger partial charge is 0.495 e. The van der Waals surface area contributed by atoms with Gasteiger partial charge in [-0.1, -0.05) is 5.92 Å². The number of carbonyl (C=O) groups is 1. The van der Waals surface area contributed by atoms with Crippen LogP contribution < -0.4 is 4.74 Å². The van der Waals surface area contributed by atoms with Crippen LogP contribution in [0.3, 0.4) is 0 Å². The van der Waals surface area contributed by atoms with E-state index in [9.17, 15) is 4.79 Å². The van der Waals surface area contributed by atoms with Crippen molar-refractivity contribution in [2.75, 3.05) is 14.2 Å². The fraction of sp³-hybridized carbons (Fsp3) is 0.200. The van der Waals surface area contributed by atoms with Crippen LogP contribution in [0.4, 0.5) is 0 Å². The van der Waals surface area contributed by atoms with Crippen molar-refractivity contribution >= 4 is 5.97 Å². The summed E-state index contributed by atoms with van der Waals surface area (Å²) in [6.07, 6.45) is 6.59. The van der Waals surface area contributed by atoms with Gasteiger partial charge in [0, 0.05) is 12.3 Å². The first-order chi connectivity index (χ1) is 6.72. The van der Waals surface area contributed by atoms with E-state index in [1.807, 2.05) is 0 Å². The molecule has 0 aliphatic heterocycles. The number of hydrogen-bond donors (Lipinski definition) is 0. The molecular weight excluding hydrogens is 182 g/mol. The highest BCUT2D eigenvalue weighted by molar-refractivity contribution is 5.87. The van der Waals surface area contributed by atoms with Crippen molar-refractivity contribution in [1.82, 2.24) is 4.98 Å². The van der Waals surface area contributed by atoms with Gasteiger partial charge < -0.3 is 9.47 Å². The van der Waals surface area contributed by atoms with E-state index in [1.165, 1.54) is 26.5 Å². The molecule has 4 heteroatoms. The molecule has 0 saturated heterocycles. The summed E-state index contributed by atoms with van der Waals surface area (Å²) in [5, 5.41) is 0. The number of terminal acetylenes is 1. The second-order valence-corrected chi connectivity index (χ2v) is 2.41. The molecule has 1 rings (SSSR count). The molecule has 1 heterocycles. The van der Waals surface area contributed by atoms with E-state index < -0.39 is 5.97 Å². The first-order valence-corrected chi connectivity index (χ1v) is 3.82. The maximum atomic E-state index is 11.1. The lowest BCUT2D eigenvalue weighted by molar-refractivity contribution is 0.0593. The highest BCUT2D eigenvalue weighted by Crippen LogP contribution is 2.17. The average Bonchev–Trinajstić information content (AvgIpc) is 2.26. The minimum atomic E-state index is -0.521. The molecule has 0 aliphatic carbocycles. The van der Waals surface area contributed by atoms with Gasteiger partial charge >= 0.3 is 5.97 Å². The normalized spacial score (nSPS) is 8.93. The van der Waals surface area contributed by atoms with Crippen LogP contribution in [0.1, 0.15) is 16.1 Å². The Bertz CT molecular complexity index is 393. The summed E-state index contributed by atoms with van der Waals surface area (Å²) in [7, 11) is 2.75.